The molecule has 1 rings (SSSR count). The van der Waals surface area contributed by atoms with Crippen LogP contribution in [0.4, 0.5) is 0 Å². The summed E-state index contributed by atoms with van der Waals surface area (Å²) in [7, 11) is 0. The number of hydrogen-bond donors (Lipinski definition) is 1. The minimum Gasteiger partial charge on any atom is -0.511 e. The van der Waals surface area contributed by atoms with Gasteiger partial charge in [0.2, 0.25) is 0 Å². The van der Waals surface area contributed by atoms with Crippen molar-refractivity contribution < 1.29 is 9.90 Å². The number of rotatable bonds is 0. The van der Waals surface area contributed by atoms with E-state index >= 15 is 0 Å². The fourth-order valence-corrected chi connectivity index (χ4v) is 1.94. The molecule has 1 aliphatic carbocycles. The summed E-state index contributed by atoms with van der Waals surface area (Å²) in [5.74, 6) is 0.405. The second kappa shape index (κ2) is 3.66. The first kappa shape index (κ1) is 12.3. The fourth-order valence-electron chi connectivity index (χ4n) is 1.94. The van der Waals surface area contributed by atoms with Gasteiger partial charge in [-0.25, -0.2) is 0 Å². The largest absolute Gasteiger partial charge is 0.511 e. The van der Waals surface area contributed by atoms with Crippen molar-refractivity contribution in [1.82, 2.24) is 0 Å². The minimum atomic E-state index is -0.321. The number of aliphatic hydroxyl groups is 1. The summed E-state index contributed by atoms with van der Waals surface area (Å²) in [6.07, 6.45) is 2.20. The van der Waals surface area contributed by atoms with Gasteiger partial charge < -0.3 is 5.11 Å². The minimum absolute atomic E-state index is 0.127. The fraction of sp³-hybridized carbons (Fsp3) is 0.769. The van der Waals surface area contributed by atoms with Gasteiger partial charge in [0, 0.05) is 17.4 Å². The Labute approximate surface area is 92.4 Å². The molecule has 1 aliphatic rings. The topological polar surface area (TPSA) is 37.3 Å². The zero-order valence-electron chi connectivity index (χ0n) is 10.5. The van der Waals surface area contributed by atoms with E-state index in [9.17, 15) is 9.90 Å². The highest BCUT2D eigenvalue weighted by atomic mass is 16.3. The van der Waals surface area contributed by atoms with Gasteiger partial charge >= 0.3 is 0 Å². The second-order valence-corrected chi connectivity index (χ2v) is 6.34. The van der Waals surface area contributed by atoms with Crippen LogP contribution in [0.3, 0.4) is 0 Å². The van der Waals surface area contributed by atoms with Gasteiger partial charge in [0.05, 0.1) is 0 Å². The van der Waals surface area contributed by atoms with Gasteiger partial charge in [-0.15, -0.1) is 0 Å². The summed E-state index contributed by atoms with van der Waals surface area (Å²) in [5, 5.41) is 10.1. The molecule has 0 atom stereocenters. The first-order valence-electron chi connectivity index (χ1n) is 5.59. The van der Waals surface area contributed by atoms with E-state index in [4.69, 9.17) is 0 Å². The van der Waals surface area contributed by atoms with Crippen LogP contribution in [0.1, 0.15) is 53.9 Å². The summed E-state index contributed by atoms with van der Waals surface area (Å²) >= 11 is 0. The molecule has 86 valence electrons. The number of carbonyl (C=O) groups is 1. The number of Topliss-reactive ketones (excluding diaryl/α,β-unsaturated/α-hetero) is 1. The van der Waals surface area contributed by atoms with Crippen LogP contribution in [0, 0.1) is 10.8 Å². The Hall–Kier alpha value is -0.790. The first-order valence-corrected chi connectivity index (χ1v) is 5.59. The van der Waals surface area contributed by atoms with Gasteiger partial charge in [-0.3, -0.25) is 4.79 Å². The number of hydrogen-bond acceptors (Lipinski definition) is 2. The molecule has 0 aromatic heterocycles. The molecule has 0 spiro atoms. The van der Waals surface area contributed by atoms with Crippen molar-refractivity contribution in [3.63, 3.8) is 0 Å². The average Bonchev–Trinajstić information content (AvgIpc) is 2.06. The predicted molar refractivity (Wildman–Crippen MR) is 61.7 cm³/mol. The standard InChI is InChI=1S/C13H22O2/c1-12(2,3)11(15)9-8-13(4,5)7-6-10(9)14/h15H,6-8H2,1-5H3. The van der Waals surface area contributed by atoms with Crippen molar-refractivity contribution >= 4 is 5.78 Å². The zero-order chi connectivity index (χ0) is 11.9. The molecule has 0 aliphatic heterocycles. The van der Waals surface area contributed by atoms with E-state index in [1.54, 1.807) is 0 Å². The van der Waals surface area contributed by atoms with Gasteiger partial charge in [-0.1, -0.05) is 34.6 Å². The van der Waals surface area contributed by atoms with Crippen molar-refractivity contribution in [2.75, 3.05) is 0 Å². The monoisotopic (exact) mass is 210 g/mol. The summed E-state index contributed by atoms with van der Waals surface area (Å²) in [4.78, 5) is 11.8. The van der Waals surface area contributed by atoms with Crippen LogP contribution in [0.25, 0.3) is 0 Å². The summed E-state index contributed by atoms with van der Waals surface area (Å²) in [6, 6.07) is 0. The van der Waals surface area contributed by atoms with Crippen LogP contribution in [-0.2, 0) is 4.79 Å². The lowest BCUT2D eigenvalue weighted by atomic mass is 9.72. The molecule has 0 aromatic carbocycles. The maximum Gasteiger partial charge on any atom is 0.162 e. The van der Waals surface area contributed by atoms with Gasteiger partial charge in [0.15, 0.2) is 5.78 Å². The van der Waals surface area contributed by atoms with E-state index in [0.29, 0.717) is 18.4 Å². The summed E-state index contributed by atoms with van der Waals surface area (Å²) < 4.78 is 0. The van der Waals surface area contributed by atoms with Gasteiger partial charge in [0.1, 0.15) is 5.76 Å². The smallest absolute Gasteiger partial charge is 0.162 e. The average molecular weight is 210 g/mol. The van der Waals surface area contributed by atoms with Gasteiger partial charge in [-0.05, 0) is 18.3 Å². The third-order valence-electron chi connectivity index (χ3n) is 3.02. The van der Waals surface area contributed by atoms with E-state index in [0.717, 1.165) is 6.42 Å². The van der Waals surface area contributed by atoms with E-state index in [1.807, 2.05) is 20.8 Å². The second-order valence-electron chi connectivity index (χ2n) is 6.34. The summed E-state index contributed by atoms with van der Waals surface area (Å²) in [5.41, 5.74) is 0.472. The molecule has 1 saturated carbocycles. The maximum atomic E-state index is 11.8. The third kappa shape index (κ3) is 2.83. The highest BCUT2D eigenvalue weighted by Crippen LogP contribution is 2.40. The molecule has 0 amide bonds. The van der Waals surface area contributed by atoms with Gasteiger partial charge in [0.25, 0.3) is 0 Å². The molecule has 15 heavy (non-hydrogen) atoms. The SMILES string of the molecule is CC1(C)CCC(=O)C(=C(O)C(C)(C)C)C1. The maximum absolute atomic E-state index is 11.8. The number of ketones is 1. The highest BCUT2D eigenvalue weighted by Gasteiger charge is 2.34. The molecule has 0 saturated heterocycles. The molecular weight excluding hydrogens is 188 g/mol. The molecule has 1 fully saturated rings. The van der Waals surface area contributed by atoms with Crippen molar-refractivity contribution in [1.29, 1.82) is 0 Å². The van der Waals surface area contributed by atoms with Crippen molar-refractivity contribution in [3.8, 4) is 0 Å². The number of carbonyl (C=O) groups excluding carboxylic acids is 1. The number of allylic oxidation sites excluding steroid dienone is 2. The normalized spacial score (nSPS) is 25.3. The van der Waals surface area contributed by atoms with E-state index in [1.165, 1.54) is 0 Å². The van der Waals surface area contributed by atoms with Crippen molar-refractivity contribution in [2.45, 2.75) is 53.9 Å². The predicted octanol–water partition coefficient (Wildman–Crippen LogP) is 3.62. The quantitative estimate of drug-likeness (QED) is 0.489. The van der Waals surface area contributed by atoms with E-state index in [2.05, 4.69) is 13.8 Å². The van der Waals surface area contributed by atoms with Crippen LogP contribution in [0.15, 0.2) is 11.3 Å². The number of aliphatic hydroxyl groups excluding tert-OH is 1. The Bertz CT molecular complexity index is 303. The van der Waals surface area contributed by atoms with E-state index in [-0.39, 0.29) is 22.4 Å². The van der Waals surface area contributed by atoms with Crippen LogP contribution < -0.4 is 0 Å². The van der Waals surface area contributed by atoms with Crippen LogP contribution in [0.5, 0.6) is 0 Å². The Balaban J connectivity index is 3.07. The lowest BCUT2D eigenvalue weighted by Gasteiger charge is -2.32. The Kier molecular flexibility index (Phi) is 2.99. The molecule has 0 bridgehead atoms. The Morgan fingerprint density at radius 3 is 2.33 bits per heavy atom. The van der Waals surface area contributed by atoms with Crippen LogP contribution in [0.2, 0.25) is 0 Å². The molecule has 1 N–H and O–H groups in total. The van der Waals surface area contributed by atoms with Crippen LogP contribution in [-0.4, -0.2) is 10.9 Å². The van der Waals surface area contributed by atoms with Gasteiger partial charge in [-0.2, -0.15) is 0 Å². The zero-order valence-corrected chi connectivity index (χ0v) is 10.5. The third-order valence-corrected chi connectivity index (χ3v) is 3.02. The molecule has 0 aromatic rings. The lowest BCUT2D eigenvalue weighted by molar-refractivity contribution is -0.118. The Morgan fingerprint density at radius 1 is 1.33 bits per heavy atom. The van der Waals surface area contributed by atoms with E-state index < -0.39 is 0 Å². The Morgan fingerprint density at radius 2 is 1.87 bits per heavy atom. The molecule has 0 radical (unpaired) electrons. The molecule has 2 heteroatoms. The van der Waals surface area contributed by atoms with Crippen LogP contribution >= 0.6 is 0 Å². The highest BCUT2D eigenvalue weighted by molar-refractivity contribution is 5.96. The molecular formula is C13H22O2. The van der Waals surface area contributed by atoms with Crippen molar-refractivity contribution in [2.24, 2.45) is 10.8 Å². The first-order chi connectivity index (χ1) is 6.63. The van der Waals surface area contributed by atoms with Crippen molar-refractivity contribution in [3.05, 3.63) is 11.3 Å². The summed E-state index contributed by atoms with van der Waals surface area (Å²) in [6.45, 7) is 10.1. The molecule has 0 heterocycles. The lowest BCUT2D eigenvalue weighted by Crippen LogP contribution is -2.27. The molecule has 0 unspecified atom stereocenters. The molecule has 2 nitrogen and oxygen atoms in total.